The van der Waals surface area contributed by atoms with Crippen LogP contribution in [0.5, 0.6) is 0 Å². The third-order valence-electron chi connectivity index (χ3n) is 5.98. The molecule has 0 atom stereocenters. The summed E-state index contributed by atoms with van der Waals surface area (Å²) in [6.07, 6.45) is 1.37. The largest absolute Gasteiger partial charge is 0.363 e. The lowest BCUT2D eigenvalue weighted by atomic mass is 9.94. The first-order valence-corrected chi connectivity index (χ1v) is 10.4. The average Bonchev–Trinajstić information content (AvgIpc) is 3.34. The van der Waals surface area contributed by atoms with E-state index in [1.807, 2.05) is 30.3 Å². The molecule has 3 aromatic rings. The van der Waals surface area contributed by atoms with E-state index in [1.54, 1.807) is 11.8 Å². The number of allylic oxidation sites excluding steroid dienone is 2. The summed E-state index contributed by atoms with van der Waals surface area (Å²) in [5, 5.41) is 15.5. The van der Waals surface area contributed by atoms with Crippen LogP contribution in [0, 0.1) is 10.1 Å². The molecule has 0 N–H and O–H groups in total. The minimum Gasteiger partial charge on any atom is -0.362 e. The Bertz CT molecular complexity index is 1300. The number of rotatable bonds is 4. The molecule has 0 aliphatic carbocycles. The summed E-state index contributed by atoms with van der Waals surface area (Å²) in [5.74, 6) is -3.54. The number of carbonyl (C=O) groups excluding carboxylic acids is 1. The Morgan fingerprint density at radius 3 is 2.48 bits per heavy atom. The topological polar surface area (TPSA) is 94.2 Å². The molecule has 4 heterocycles. The van der Waals surface area contributed by atoms with Crippen LogP contribution in [0.2, 0.25) is 0 Å². The molecular weight excluding hydrogens is 432 g/mol. The van der Waals surface area contributed by atoms with Crippen LogP contribution in [-0.4, -0.2) is 44.6 Å². The van der Waals surface area contributed by atoms with Crippen LogP contribution in [0.15, 0.2) is 54.2 Å². The summed E-state index contributed by atoms with van der Waals surface area (Å²) in [6, 6.07) is 11.9. The maximum absolute atomic E-state index is 14.1. The first-order chi connectivity index (χ1) is 15.7. The fourth-order valence-electron chi connectivity index (χ4n) is 4.46. The van der Waals surface area contributed by atoms with Crippen LogP contribution in [-0.2, 0) is 6.42 Å². The molecule has 5 rings (SSSR count). The summed E-state index contributed by atoms with van der Waals surface area (Å²) in [7, 11) is 0. The van der Waals surface area contributed by atoms with E-state index in [1.165, 1.54) is 23.0 Å². The second-order valence-electron chi connectivity index (χ2n) is 8.25. The summed E-state index contributed by atoms with van der Waals surface area (Å²) < 4.78 is 29.4. The van der Waals surface area contributed by atoms with Gasteiger partial charge in [0.05, 0.1) is 23.5 Å². The van der Waals surface area contributed by atoms with Gasteiger partial charge < -0.3 is 15.0 Å². The number of benzene rings is 1. The Balaban J connectivity index is 1.62. The number of halogens is 2. The van der Waals surface area contributed by atoms with Crippen molar-refractivity contribution in [3.05, 3.63) is 75.6 Å². The number of fused-ring (bicyclic) bond motifs is 1. The van der Waals surface area contributed by atoms with Crippen LogP contribution in [0.1, 0.15) is 29.4 Å². The predicted molar refractivity (Wildman–Crippen MR) is 117 cm³/mol. The van der Waals surface area contributed by atoms with Crippen LogP contribution in [0.3, 0.4) is 0 Å². The zero-order valence-electron chi connectivity index (χ0n) is 17.7. The molecule has 0 amide bonds. The van der Waals surface area contributed by atoms with E-state index in [0.29, 0.717) is 34.6 Å². The minimum atomic E-state index is -2.80. The van der Waals surface area contributed by atoms with Gasteiger partial charge in [0.25, 0.3) is 11.8 Å². The van der Waals surface area contributed by atoms with E-state index in [9.17, 15) is 23.7 Å². The molecular formula is C23H19F2N5O3. The summed E-state index contributed by atoms with van der Waals surface area (Å²) in [6.45, 7) is 1.53. The maximum atomic E-state index is 14.1. The summed E-state index contributed by atoms with van der Waals surface area (Å²) in [4.78, 5) is 29.2. The molecule has 1 fully saturated rings. The number of hydrogen-bond donors (Lipinski definition) is 0. The van der Waals surface area contributed by atoms with Crippen molar-refractivity contribution in [3.8, 4) is 11.3 Å². The number of anilines is 1. The van der Waals surface area contributed by atoms with Gasteiger partial charge in [0.2, 0.25) is 0 Å². The Labute approximate surface area is 187 Å². The van der Waals surface area contributed by atoms with Gasteiger partial charge in [-0.3, -0.25) is 4.79 Å². The number of pyridine rings is 1. The van der Waals surface area contributed by atoms with Gasteiger partial charge in [-0.1, -0.05) is 35.9 Å². The molecule has 33 heavy (non-hydrogen) atoms. The van der Waals surface area contributed by atoms with Crippen LogP contribution in [0.25, 0.3) is 16.8 Å². The van der Waals surface area contributed by atoms with E-state index in [-0.39, 0.29) is 18.8 Å². The molecule has 0 bridgehead atoms. The highest BCUT2D eigenvalue weighted by Crippen LogP contribution is 2.42. The van der Waals surface area contributed by atoms with Crippen molar-refractivity contribution in [3.63, 3.8) is 0 Å². The average molecular weight is 451 g/mol. The molecule has 1 aromatic carbocycles. The molecule has 0 saturated carbocycles. The van der Waals surface area contributed by atoms with E-state index in [0.717, 1.165) is 11.1 Å². The number of alkyl halides is 2. The lowest BCUT2D eigenvalue weighted by molar-refractivity contribution is -0.389. The van der Waals surface area contributed by atoms with E-state index < -0.39 is 23.3 Å². The molecule has 1 saturated heterocycles. The predicted octanol–water partition coefficient (Wildman–Crippen LogP) is 4.37. The number of aromatic nitrogens is 3. The Morgan fingerprint density at radius 2 is 1.88 bits per heavy atom. The van der Waals surface area contributed by atoms with Gasteiger partial charge in [0.1, 0.15) is 11.9 Å². The van der Waals surface area contributed by atoms with E-state index >= 15 is 0 Å². The SMILES string of the molecule is CC1=C(c2ccc([N+](=O)[O-])nc2)C(=O)n2nc(-c3ccccc3)c(N3CCC(F)(F)C3)c2C1. The zero-order valence-corrected chi connectivity index (χ0v) is 17.7. The zero-order chi connectivity index (χ0) is 23.3. The van der Waals surface area contributed by atoms with Gasteiger partial charge >= 0.3 is 5.82 Å². The lowest BCUT2D eigenvalue weighted by Crippen LogP contribution is -2.28. The highest BCUT2D eigenvalue weighted by molar-refractivity contribution is 6.22. The number of hydrogen-bond acceptors (Lipinski definition) is 6. The lowest BCUT2D eigenvalue weighted by Gasteiger charge is -2.23. The summed E-state index contributed by atoms with van der Waals surface area (Å²) in [5.41, 5.74) is 3.83. The van der Waals surface area contributed by atoms with E-state index in [2.05, 4.69) is 10.1 Å². The quantitative estimate of drug-likeness (QED) is 0.432. The monoisotopic (exact) mass is 451 g/mol. The second kappa shape index (κ2) is 7.58. The Kier molecular flexibility index (Phi) is 4.80. The third kappa shape index (κ3) is 3.57. The van der Waals surface area contributed by atoms with Gasteiger partial charge in [0.15, 0.2) is 0 Å². The van der Waals surface area contributed by atoms with Crippen molar-refractivity contribution in [1.29, 1.82) is 0 Å². The van der Waals surface area contributed by atoms with Gasteiger partial charge in [-0.25, -0.2) is 8.78 Å². The molecule has 8 nitrogen and oxygen atoms in total. The van der Waals surface area contributed by atoms with Crippen molar-refractivity contribution in [1.82, 2.24) is 14.8 Å². The number of carbonyl (C=O) groups is 1. The first-order valence-electron chi connectivity index (χ1n) is 10.4. The van der Waals surface area contributed by atoms with Crippen molar-refractivity contribution in [2.24, 2.45) is 0 Å². The molecule has 168 valence electrons. The van der Waals surface area contributed by atoms with Crippen molar-refractivity contribution in [2.75, 3.05) is 18.0 Å². The molecule has 10 heteroatoms. The van der Waals surface area contributed by atoms with E-state index in [4.69, 9.17) is 0 Å². The highest BCUT2D eigenvalue weighted by Gasteiger charge is 2.42. The Morgan fingerprint density at radius 1 is 1.12 bits per heavy atom. The molecule has 0 unspecified atom stereocenters. The van der Waals surface area contributed by atoms with Crippen molar-refractivity contribution in [2.45, 2.75) is 25.7 Å². The first kappa shape index (κ1) is 20.9. The second-order valence-corrected chi connectivity index (χ2v) is 8.25. The summed E-state index contributed by atoms with van der Waals surface area (Å²) >= 11 is 0. The maximum Gasteiger partial charge on any atom is 0.363 e. The molecule has 2 aliphatic rings. The molecule has 2 aliphatic heterocycles. The number of nitro groups is 1. The van der Waals surface area contributed by atoms with Gasteiger partial charge in [-0.2, -0.15) is 9.78 Å². The van der Waals surface area contributed by atoms with Gasteiger partial charge in [0, 0.05) is 36.6 Å². The Hall–Kier alpha value is -3.95. The van der Waals surface area contributed by atoms with Crippen LogP contribution >= 0.6 is 0 Å². The molecule has 0 spiro atoms. The minimum absolute atomic E-state index is 0.168. The van der Waals surface area contributed by atoms with Gasteiger partial charge in [-0.05, 0) is 22.9 Å². The van der Waals surface area contributed by atoms with Crippen LogP contribution in [0.4, 0.5) is 20.3 Å². The fraction of sp³-hybridized carbons (Fsp3) is 0.261. The third-order valence-corrected chi connectivity index (χ3v) is 5.98. The standard InChI is InChI=1S/C23H19F2N5O3/c1-14-11-17-21(28-10-9-23(24,25)13-28)20(15-5-3-2-4-6-15)27-29(17)22(31)19(14)16-7-8-18(26-12-16)30(32)33/h2-8,12H,9-11,13H2,1H3. The molecule has 0 radical (unpaired) electrons. The van der Waals surface area contributed by atoms with Crippen molar-refractivity contribution >= 4 is 23.0 Å². The normalized spacial score (nSPS) is 17.4. The molecule has 2 aromatic heterocycles. The van der Waals surface area contributed by atoms with Gasteiger partial charge in [-0.15, -0.1) is 0 Å². The van der Waals surface area contributed by atoms with Crippen LogP contribution < -0.4 is 4.90 Å². The van der Waals surface area contributed by atoms with Crippen molar-refractivity contribution < 1.29 is 18.5 Å². The highest BCUT2D eigenvalue weighted by atomic mass is 19.3. The number of nitrogens with zero attached hydrogens (tertiary/aromatic N) is 5. The smallest absolute Gasteiger partial charge is 0.362 e. The fourth-order valence-corrected chi connectivity index (χ4v) is 4.46.